The third-order valence-electron chi connectivity index (χ3n) is 6.54. The van der Waals surface area contributed by atoms with Gasteiger partial charge in [0.25, 0.3) is 0 Å². The molecule has 37 heavy (non-hydrogen) atoms. The maximum Gasteiger partial charge on any atom is 0.222 e. The van der Waals surface area contributed by atoms with Gasteiger partial charge in [0.05, 0.1) is 44.1 Å². The van der Waals surface area contributed by atoms with E-state index >= 15 is 0 Å². The van der Waals surface area contributed by atoms with Crippen molar-refractivity contribution in [3.8, 4) is 0 Å². The molecule has 8 nitrogen and oxygen atoms in total. The average Bonchev–Trinajstić information content (AvgIpc) is 3.19. The summed E-state index contributed by atoms with van der Waals surface area (Å²) in [5.74, 6) is 0.558. The van der Waals surface area contributed by atoms with Gasteiger partial charge in [-0.1, -0.05) is 13.8 Å². The summed E-state index contributed by atoms with van der Waals surface area (Å²) in [7, 11) is 1.78. The predicted octanol–water partition coefficient (Wildman–Crippen LogP) is 4.22. The number of hydrogen-bond acceptors (Lipinski definition) is 7. The van der Waals surface area contributed by atoms with Gasteiger partial charge in [0, 0.05) is 38.1 Å². The third-order valence-corrected chi connectivity index (χ3v) is 6.54. The fraction of sp³-hybridized carbons (Fsp3) is 0.862. The van der Waals surface area contributed by atoms with Crippen molar-refractivity contribution in [3.05, 3.63) is 0 Å². The molecular formula is C29H52N2O6. The first kappa shape index (κ1) is 33.4. The van der Waals surface area contributed by atoms with E-state index in [2.05, 4.69) is 0 Å². The Bertz CT molecular complexity index is 721. The maximum atomic E-state index is 12.9. The lowest BCUT2D eigenvalue weighted by atomic mass is 10.0. The molecule has 1 amide bonds. The Hall–Kier alpha value is -1.64. The zero-order valence-corrected chi connectivity index (χ0v) is 24.4. The van der Waals surface area contributed by atoms with Crippen molar-refractivity contribution in [2.45, 2.75) is 124 Å². The summed E-state index contributed by atoms with van der Waals surface area (Å²) in [6.45, 7) is 13.4. The third kappa shape index (κ3) is 14.8. The van der Waals surface area contributed by atoms with Gasteiger partial charge in [-0.15, -0.1) is 0 Å². The van der Waals surface area contributed by atoms with Crippen LogP contribution >= 0.6 is 0 Å². The predicted molar refractivity (Wildman–Crippen MR) is 146 cm³/mol. The van der Waals surface area contributed by atoms with Crippen LogP contribution in [0, 0.1) is 5.92 Å². The first-order valence-corrected chi connectivity index (χ1v) is 14.2. The summed E-state index contributed by atoms with van der Waals surface area (Å²) < 4.78 is 11.7. The van der Waals surface area contributed by atoms with E-state index in [1.807, 2.05) is 46.4 Å². The lowest BCUT2D eigenvalue weighted by Gasteiger charge is -2.25. The second kappa shape index (κ2) is 17.8. The lowest BCUT2D eigenvalue weighted by molar-refractivity contribution is -0.134. The topological polar surface area (TPSA) is 93.2 Å². The highest BCUT2D eigenvalue weighted by atomic mass is 16.5. The van der Waals surface area contributed by atoms with Crippen molar-refractivity contribution in [3.63, 3.8) is 0 Å². The summed E-state index contributed by atoms with van der Waals surface area (Å²) in [4.78, 5) is 52.8. The number of ether oxygens (including phenoxy) is 2. The molecule has 0 aromatic carbocycles. The van der Waals surface area contributed by atoms with Gasteiger partial charge in [-0.3, -0.25) is 24.1 Å². The molecule has 0 unspecified atom stereocenters. The minimum atomic E-state index is 0.0298. The van der Waals surface area contributed by atoms with E-state index in [1.165, 1.54) is 0 Å². The van der Waals surface area contributed by atoms with E-state index in [0.29, 0.717) is 58.1 Å². The van der Waals surface area contributed by atoms with Crippen molar-refractivity contribution in [2.75, 3.05) is 33.3 Å². The maximum absolute atomic E-state index is 12.9. The van der Waals surface area contributed by atoms with Gasteiger partial charge in [0.2, 0.25) is 5.91 Å². The fourth-order valence-corrected chi connectivity index (χ4v) is 4.59. The Labute approximate surface area is 224 Å². The molecule has 214 valence electrons. The summed E-state index contributed by atoms with van der Waals surface area (Å²) in [5.41, 5.74) is 0. The molecular weight excluding hydrogens is 472 g/mol. The first-order chi connectivity index (χ1) is 17.4. The van der Waals surface area contributed by atoms with E-state index < -0.39 is 0 Å². The van der Waals surface area contributed by atoms with Gasteiger partial charge >= 0.3 is 0 Å². The molecule has 0 saturated carbocycles. The number of ketones is 3. The fourth-order valence-electron chi connectivity index (χ4n) is 4.59. The van der Waals surface area contributed by atoms with Crippen LogP contribution in [0.2, 0.25) is 0 Å². The molecule has 1 rings (SSSR count). The highest BCUT2D eigenvalue weighted by molar-refractivity contribution is 5.83. The van der Waals surface area contributed by atoms with Gasteiger partial charge in [-0.2, -0.15) is 0 Å². The molecule has 0 aromatic heterocycles. The Morgan fingerprint density at radius 3 is 1.86 bits per heavy atom. The first-order valence-electron chi connectivity index (χ1n) is 14.2. The number of carbonyl (C=O) groups is 4. The van der Waals surface area contributed by atoms with Crippen LogP contribution in [0.3, 0.4) is 0 Å². The molecule has 1 fully saturated rings. The molecule has 0 aliphatic carbocycles. The van der Waals surface area contributed by atoms with Crippen LogP contribution in [-0.2, 0) is 28.7 Å². The normalized spacial score (nSPS) is 18.0. The Morgan fingerprint density at radius 1 is 0.811 bits per heavy atom. The molecule has 0 N–H and O–H groups in total. The van der Waals surface area contributed by atoms with Crippen LogP contribution in [0.1, 0.15) is 99.3 Å². The standard InChI is InChI=1S/C29H52N2O6/c1-21(2)28(34)14-10-8-12-25(32)17-30(7)18-26(33)13-9-11-15-29(35)31-19-27(37-23(5)6)16-24(31)20-36-22(3)4/h21-24,27H,8-20H2,1-7H3/t24-,27+/m0/s1. The van der Waals surface area contributed by atoms with E-state index in [9.17, 15) is 19.2 Å². The van der Waals surface area contributed by atoms with E-state index in [0.717, 1.165) is 12.8 Å². The monoisotopic (exact) mass is 524 g/mol. The van der Waals surface area contributed by atoms with Crippen LogP contribution in [0.5, 0.6) is 0 Å². The SMILES string of the molecule is CC(C)OC[C@@H]1C[C@@H](OC(C)C)CN1C(=O)CCCCC(=O)CN(C)CC(=O)CCCCC(=O)C(C)C. The minimum Gasteiger partial charge on any atom is -0.377 e. The number of amides is 1. The second-order valence-corrected chi connectivity index (χ2v) is 11.4. The largest absolute Gasteiger partial charge is 0.377 e. The van der Waals surface area contributed by atoms with E-state index in [4.69, 9.17) is 9.47 Å². The number of nitrogens with zero attached hydrogens (tertiary/aromatic N) is 2. The van der Waals surface area contributed by atoms with Crippen LogP contribution < -0.4 is 0 Å². The van der Waals surface area contributed by atoms with Crippen LogP contribution in [-0.4, -0.2) is 90.7 Å². The van der Waals surface area contributed by atoms with E-state index in [-0.39, 0.29) is 66.6 Å². The Kier molecular flexibility index (Phi) is 16.1. The summed E-state index contributed by atoms with van der Waals surface area (Å²) >= 11 is 0. The Morgan fingerprint density at radius 2 is 1.35 bits per heavy atom. The second-order valence-electron chi connectivity index (χ2n) is 11.4. The van der Waals surface area contributed by atoms with Crippen molar-refractivity contribution in [1.82, 2.24) is 9.80 Å². The van der Waals surface area contributed by atoms with Crippen LogP contribution in [0.4, 0.5) is 0 Å². The number of likely N-dealkylation sites (tertiary alicyclic amines) is 1. The number of hydrogen-bond donors (Lipinski definition) is 0. The molecule has 0 spiro atoms. The van der Waals surface area contributed by atoms with Crippen molar-refractivity contribution < 1.29 is 28.7 Å². The zero-order valence-electron chi connectivity index (χ0n) is 24.4. The summed E-state index contributed by atoms with van der Waals surface area (Å²) in [6, 6.07) is 0.0298. The number of rotatable bonds is 20. The molecule has 1 aliphatic heterocycles. The van der Waals surface area contributed by atoms with E-state index in [1.54, 1.807) is 11.9 Å². The highest BCUT2D eigenvalue weighted by Gasteiger charge is 2.36. The number of carbonyl (C=O) groups excluding carboxylic acids is 4. The molecule has 1 saturated heterocycles. The zero-order chi connectivity index (χ0) is 28.0. The quantitative estimate of drug-likeness (QED) is 0.220. The molecule has 1 heterocycles. The molecule has 2 atom stereocenters. The molecule has 8 heteroatoms. The van der Waals surface area contributed by atoms with Crippen LogP contribution in [0.25, 0.3) is 0 Å². The summed E-state index contributed by atoms with van der Waals surface area (Å²) in [6.07, 6.45) is 5.59. The van der Waals surface area contributed by atoms with Gasteiger partial charge in [-0.25, -0.2) is 0 Å². The van der Waals surface area contributed by atoms with Gasteiger partial charge in [-0.05, 0) is 66.8 Å². The lowest BCUT2D eigenvalue weighted by Crippen LogP contribution is -2.39. The highest BCUT2D eigenvalue weighted by Crippen LogP contribution is 2.24. The number of unbranched alkanes of at least 4 members (excludes halogenated alkanes) is 2. The van der Waals surface area contributed by atoms with Crippen LogP contribution in [0.15, 0.2) is 0 Å². The van der Waals surface area contributed by atoms with Gasteiger partial charge in [0.1, 0.15) is 17.3 Å². The smallest absolute Gasteiger partial charge is 0.222 e. The van der Waals surface area contributed by atoms with Crippen molar-refractivity contribution in [1.29, 1.82) is 0 Å². The summed E-state index contributed by atoms with van der Waals surface area (Å²) in [5, 5.41) is 0. The molecule has 0 radical (unpaired) electrons. The van der Waals surface area contributed by atoms with Gasteiger partial charge < -0.3 is 14.4 Å². The average molecular weight is 525 g/mol. The van der Waals surface area contributed by atoms with Crippen molar-refractivity contribution in [2.24, 2.45) is 5.92 Å². The number of likely N-dealkylation sites (N-methyl/N-ethyl adjacent to an activating group) is 1. The number of Topliss-reactive ketones (excluding diaryl/α,β-unsaturated/α-hetero) is 3. The molecule has 0 bridgehead atoms. The van der Waals surface area contributed by atoms with Gasteiger partial charge in [0.15, 0.2) is 0 Å². The van der Waals surface area contributed by atoms with Crippen molar-refractivity contribution >= 4 is 23.3 Å². The minimum absolute atomic E-state index is 0.0298. The molecule has 0 aromatic rings. The Balaban J connectivity index is 2.29. The molecule has 1 aliphatic rings.